The first kappa shape index (κ1) is 15.0. The molecule has 116 valence electrons. The van der Waals surface area contributed by atoms with E-state index in [1.165, 1.54) is 17.7 Å². The van der Waals surface area contributed by atoms with Crippen LogP contribution in [0.25, 0.3) is 0 Å². The van der Waals surface area contributed by atoms with Crippen LogP contribution in [0.5, 0.6) is 0 Å². The van der Waals surface area contributed by atoms with E-state index in [0.29, 0.717) is 25.2 Å². The fourth-order valence-electron chi connectivity index (χ4n) is 3.64. The average molecular weight is 307 g/mol. The highest BCUT2D eigenvalue weighted by Gasteiger charge is 2.32. The zero-order valence-electron chi connectivity index (χ0n) is 12.5. The first-order valence-electron chi connectivity index (χ1n) is 8.06. The summed E-state index contributed by atoms with van der Waals surface area (Å²) in [7, 11) is 0. The molecule has 2 unspecified atom stereocenters. The molecule has 0 aliphatic carbocycles. The summed E-state index contributed by atoms with van der Waals surface area (Å²) >= 11 is 1.76. The largest absolute Gasteiger partial charge is 0.334 e. The maximum atomic E-state index is 12.7. The van der Waals surface area contributed by atoms with E-state index in [9.17, 15) is 4.79 Å². The van der Waals surface area contributed by atoms with E-state index >= 15 is 0 Å². The van der Waals surface area contributed by atoms with Crippen LogP contribution in [0, 0.1) is 0 Å². The molecule has 2 aliphatic heterocycles. The molecule has 3 rings (SSSR count). The molecule has 2 N–H and O–H groups in total. The molecule has 0 saturated carbocycles. The Labute approximate surface area is 130 Å². The lowest BCUT2D eigenvalue weighted by molar-refractivity contribution is -0.134. The van der Waals surface area contributed by atoms with Crippen LogP contribution in [0.1, 0.15) is 43.0 Å². The maximum absolute atomic E-state index is 12.7. The molecule has 21 heavy (non-hydrogen) atoms. The second kappa shape index (κ2) is 6.90. The number of hydrogen-bond acceptors (Lipinski definition) is 4. The highest BCUT2D eigenvalue weighted by Crippen LogP contribution is 2.34. The SMILES string of the molecule is NCC1CCCCN1CC(=O)N1CCCC1c1cccs1. The molecule has 1 amide bonds. The van der Waals surface area contributed by atoms with Crippen LogP contribution in [0.4, 0.5) is 0 Å². The fourth-order valence-corrected chi connectivity index (χ4v) is 4.52. The van der Waals surface area contributed by atoms with Crippen molar-refractivity contribution in [2.75, 3.05) is 26.2 Å². The quantitative estimate of drug-likeness (QED) is 0.928. The van der Waals surface area contributed by atoms with Gasteiger partial charge < -0.3 is 10.6 Å². The molecule has 0 spiro atoms. The Morgan fingerprint density at radius 1 is 1.29 bits per heavy atom. The summed E-state index contributed by atoms with van der Waals surface area (Å²) < 4.78 is 0. The van der Waals surface area contributed by atoms with Crippen molar-refractivity contribution < 1.29 is 4.79 Å². The number of piperidine rings is 1. The summed E-state index contributed by atoms with van der Waals surface area (Å²) in [6.45, 7) is 3.14. The van der Waals surface area contributed by atoms with Gasteiger partial charge in [-0.3, -0.25) is 9.69 Å². The number of thiophene rings is 1. The molecular weight excluding hydrogens is 282 g/mol. The van der Waals surface area contributed by atoms with Gasteiger partial charge >= 0.3 is 0 Å². The topological polar surface area (TPSA) is 49.6 Å². The molecule has 3 heterocycles. The minimum absolute atomic E-state index is 0.284. The molecule has 2 fully saturated rings. The maximum Gasteiger partial charge on any atom is 0.237 e. The van der Waals surface area contributed by atoms with Gasteiger partial charge in [0.2, 0.25) is 5.91 Å². The van der Waals surface area contributed by atoms with Crippen LogP contribution in [0.3, 0.4) is 0 Å². The van der Waals surface area contributed by atoms with E-state index in [1.807, 2.05) is 0 Å². The molecule has 0 radical (unpaired) electrons. The summed E-state index contributed by atoms with van der Waals surface area (Å²) in [5.41, 5.74) is 5.86. The van der Waals surface area contributed by atoms with Gasteiger partial charge in [-0.15, -0.1) is 11.3 Å². The van der Waals surface area contributed by atoms with E-state index in [2.05, 4.69) is 27.3 Å². The van der Waals surface area contributed by atoms with Crippen molar-refractivity contribution in [2.24, 2.45) is 5.73 Å². The Morgan fingerprint density at radius 3 is 2.95 bits per heavy atom. The van der Waals surface area contributed by atoms with Gasteiger partial charge in [0.05, 0.1) is 12.6 Å². The van der Waals surface area contributed by atoms with E-state index in [-0.39, 0.29) is 5.91 Å². The van der Waals surface area contributed by atoms with Crippen LogP contribution in [0.15, 0.2) is 17.5 Å². The highest BCUT2D eigenvalue weighted by atomic mass is 32.1. The number of carbonyl (C=O) groups excluding carboxylic acids is 1. The molecule has 2 atom stereocenters. The van der Waals surface area contributed by atoms with Gasteiger partial charge in [-0.2, -0.15) is 0 Å². The predicted molar refractivity (Wildman–Crippen MR) is 86.3 cm³/mol. The normalized spacial score (nSPS) is 27.2. The number of likely N-dealkylation sites (tertiary alicyclic amines) is 2. The second-order valence-corrected chi connectivity index (χ2v) is 7.10. The number of nitrogens with two attached hydrogens (primary N) is 1. The molecular formula is C16H25N3OS. The standard InChI is InChI=1S/C16H25N3OS/c17-11-13-5-1-2-8-18(13)12-16(20)19-9-3-6-14(19)15-7-4-10-21-15/h4,7,10,13-14H,1-3,5-6,8-9,11-12,17H2. The van der Waals surface area contributed by atoms with Gasteiger partial charge in [-0.25, -0.2) is 0 Å². The van der Waals surface area contributed by atoms with E-state index in [1.54, 1.807) is 11.3 Å². The van der Waals surface area contributed by atoms with Gasteiger partial charge in [-0.05, 0) is 43.7 Å². The number of rotatable bonds is 4. The van der Waals surface area contributed by atoms with Gasteiger partial charge in [0.1, 0.15) is 0 Å². The summed E-state index contributed by atoms with van der Waals surface area (Å²) in [5.74, 6) is 0.284. The van der Waals surface area contributed by atoms with Crippen LogP contribution < -0.4 is 5.73 Å². The summed E-state index contributed by atoms with van der Waals surface area (Å²) in [6.07, 6.45) is 5.80. The van der Waals surface area contributed by atoms with Gasteiger partial charge in [0.25, 0.3) is 0 Å². The van der Waals surface area contributed by atoms with Crippen LogP contribution in [-0.4, -0.2) is 47.9 Å². The molecule has 5 heteroatoms. The zero-order valence-corrected chi connectivity index (χ0v) is 13.4. The molecule has 2 aliphatic rings. The zero-order chi connectivity index (χ0) is 14.7. The van der Waals surface area contributed by atoms with Crippen LogP contribution >= 0.6 is 11.3 Å². The number of carbonyl (C=O) groups is 1. The Balaban J connectivity index is 1.64. The second-order valence-electron chi connectivity index (χ2n) is 6.12. The Bertz CT molecular complexity index is 462. The number of amides is 1. The van der Waals surface area contributed by atoms with Gasteiger partial charge in [-0.1, -0.05) is 12.5 Å². The van der Waals surface area contributed by atoms with Crippen molar-refractivity contribution in [3.63, 3.8) is 0 Å². The molecule has 4 nitrogen and oxygen atoms in total. The summed E-state index contributed by atoms with van der Waals surface area (Å²) in [5, 5.41) is 2.10. The third-order valence-electron chi connectivity index (χ3n) is 4.80. The first-order valence-corrected chi connectivity index (χ1v) is 8.94. The molecule has 0 bridgehead atoms. The average Bonchev–Trinajstić information content (AvgIpc) is 3.18. The third kappa shape index (κ3) is 3.30. The van der Waals surface area contributed by atoms with Crippen molar-refractivity contribution in [2.45, 2.75) is 44.2 Å². The van der Waals surface area contributed by atoms with Crippen LogP contribution in [0.2, 0.25) is 0 Å². The highest BCUT2D eigenvalue weighted by molar-refractivity contribution is 7.10. The number of nitrogens with zero attached hydrogens (tertiary/aromatic N) is 2. The fraction of sp³-hybridized carbons (Fsp3) is 0.688. The van der Waals surface area contributed by atoms with Gasteiger partial charge in [0.15, 0.2) is 0 Å². The minimum Gasteiger partial charge on any atom is -0.334 e. The van der Waals surface area contributed by atoms with Crippen molar-refractivity contribution in [3.8, 4) is 0 Å². The lowest BCUT2D eigenvalue weighted by atomic mass is 10.0. The summed E-state index contributed by atoms with van der Waals surface area (Å²) in [4.78, 5) is 18.4. The lowest BCUT2D eigenvalue weighted by Crippen LogP contribution is -2.49. The Morgan fingerprint density at radius 2 is 2.19 bits per heavy atom. The summed E-state index contributed by atoms with van der Waals surface area (Å²) in [6, 6.07) is 4.93. The molecule has 0 aromatic carbocycles. The van der Waals surface area contributed by atoms with Crippen molar-refractivity contribution in [1.82, 2.24) is 9.80 Å². The Kier molecular flexibility index (Phi) is 4.93. The first-order chi connectivity index (χ1) is 10.3. The van der Waals surface area contributed by atoms with Crippen molar-refractivity contribution in [3.05, 3.63) is 22.4 Å². The predicted octanol–water partition coefficient (Wildman–Crippen LogP) is 2.22. The van der Waals surface area contributed by atoms with E-state index < -0.39 is 0 Å². The minimum atomic E-state index is 0.284. The Hall–Kier alpha value is -0.910. The van der Waals surface area contributed by atoms with Gasteiger partial charge in [0, 0.05) is 24.0 Å². The van der Waals surface area contributed by atoms with Crippen LogP contribution in [-0.2, 0) is 4.79 Å². The van der Waals surface area contributed by atoms with Crippen molar-refractivity contribution >= 4 is 17.2 Å². The third-order valence-corrected chi connectivity index (χ3v) is 5.78. The number of hydrogen-bond donors (Lipinski definition) is 1. The monoisotopic (exact) mass is 307 g/mol. The smallest absolute Gasteiger partial charge is 0.237 e. The molecule has 1 aromatic heterocycles. The van der Waals surface area contributed by atoms with E-state index in [4.69, 9.17) is 5.73 Å². The molecule has 1 aromatic rings. The van der Waals surface area contributed by atoms with E-state index in [0.717, 1.165) is 32.4 Å². The lowest BCUT2D eigenvalue weighted by Gasteiger charge is -2.36. The molecule has 2 saturated heterocycles. The van der Waals surface area contributed by atoms with Crippen molar-refractivity contribution in [1.29, 1.82) is 0 Å².